The average molecular weight is 416 g/mol. The van der Waals surface area contributed by atoms with Gasteiger partial charge < -0.3 is 14.2 Å². The summed E-state index contributed by atoms with van der Waals surface area (Å²) in [7, 11) is -0.889. The minimum absolute atomic E-state index is 0.0385. The number of hydrogen-bond acceptors (Lipinski definition) is 5. The van der Waals surface area contributed by atoms with Crippen molar-refractivity contribution in [3.63, 3.8) is 0 Å². The van der Waals surface area contributed by atoms with Crippen LogP contribution >= 0.6 is 15.9 Å². The molecule has 0 aliphatic rings. The van der Waals surface area contributed by atoms with Crippen molar-refractivity contribution in [2.75, 3.05) is 25.5 Å². The Labute approximate surface area is 149 Å². The summed E-state index contributed by atoms with van der Waals surface area (Å²) in [5.41, 5.74) is 0.306. The maximum atomic E-state index is 12.8. The molecule has 2 aromatic carbocycles. The molecule has 0 fully saturated rings. The van der Waals surface area contributed by atoms with Crippen LogP contribution in [0.1, 0.15) is 6.92 Å². The van der Waals surface area contributed by atoms with Gasteiger partial charge in [-0.15, -0.1) is 0 Å². The average Bonchev–Trinajstić information content (AvgIpc) is 2.56. The molecule has 0 saturated heterocycles. The molecule has 0 heterocycles. The highest BCUT2D eigenvalue weighted by atomic mass is 79.9. The van der Waals surface area contributed by atoms with Crippen molar-refractivity contribution >= 4 is 31.6 Å². The molecule has 0 radical (unpaired) electrons. The van der Waals surface area contributed by atoms with Gasteiger partial charge in [0.05, 0.1) is 26.5 Å². The molecule has 0 amide bonds. The summed E-state index contributed by atoms with van der Waals surface area (Å²) in [6.07, 6.45) is 0. The third kappa shape index (κ3) is 4.12. The highest BCUT2D eigenvalue weighted by Gasteiger charge is 2.22. The smallest absolute Gasteiger partial charge is 0.265 e. The van der Waals surface area contributed by atoms with Gasteiger partial charge in [-0.3, -0.25) is 4.72 Å². The standard InChI is InChI=1S/C16H18BrNO5S/c1-4-23-14-8-5-11(17)9-16(14)24(19,20)18-13-7-6-12(21-2)10-15(13)22-3/h5-10,18H,4H2,1-3H3. The summed E-state index contributed by atoms with van der Waals surface area (Å²) in [6, 6.07) is 9.63. The topological polar surface area (TPSA) is 73.9 Å². The molecular formula is C16H18BrNO5S. The second-order valence-electron chi connectivity index (χ2n) is 4.70. The van der Waals surface area contributed by atoms with E-state index in [1.165, 1.54) is 20.3 Å². The quantitative estimate of drug-likeness (QED) is 0.746. The van der Waals surface area contributed by atoms with Crippen LogP contribution in [0.15, 0.2) is 45.8 Å². The fourth-order valence-corrected chi connectivity index (χ4v) is 3.80. The Morgan fingerprint density at radius 1 is 1.04 bits per heavy atom. The highest BCUT2D eigenvalue weighted by molar-refractivity contribution is 9.10. The molecule has 0 aliphatic carbocycles. The molecule has 130 valence electrons. The number of benzene rings is 2. The lowest BCUT2D eigenvalue weighted by Gasteiger charge is -2.15. The highest BCUT2D eigenvalue weighted by Crippen LogP contribution is 2.33. The van der Waals surface area contributed by atoms with E-state index in [1.807, 2.05) is 0 Å². The minimum Gasteiger partial charge on any atom is -0.497 e. The molecule has 0 spiro atoms. The van der Waals surface area contributed by atoms with Crippen LogP contribution < -0.4 is 18.9 Å². The Morgan fingerprint density at radius 2 is 1.79 bits per heavy atom. The van der Waals surface area contributed by atoms with E-state index >= 15 is 0 Å². The molecule has 6 nitrogen and oxygen atoms in total. The number of halogens is 1. The molecule has 1 N–H and O–H groups in total. The number of sulfonamides is 1. The van der Waals surface area contributed by atoms with Gasteiger partial charge in [-0.25, -0.2) is 8.42 Å². The Kier molecular flexibility index (Phi) is 5.95. The van der Waals surface area contributed by atoms with Gasteiger partial charge in [-0.1, -0.05) is 15.9 Å². The van der Waals surface area contributed by atoms with Crippen LogP contribution in [0.25, 0.3) is 0 Å². The van der Waals surface area contributed by atoms with Gasteiger partial charge in [0.2, 0.25) is 0 Å². The number of hydrogen-bond donors (Lipinski definition) is 1. The van der Waals surface area contributed by atoms with Crippen molar-refractivity contribution in [3.05, 3.63) is 40.9 Å². The Balaban J connectivity index is 2.44. The van der Waals surface area contributed by atoms with Gasteiger partial charge in [-0.2, -0.15) is 0 Å². The van der Waals surface area contributed by atoms with E-state index in [1.54, 1.807) is 37.3 Å². The first-order chi connectivity index (χ1) is 11.4. The molecule has 0 aliphatic heterocycles. The molecule has 0 aromatic heterocycles. The monoisotopic (exact) mass is 415 g/mol. The number of rotatable bonds is 7. The van der Waals surface area contributed by atoms with Crippen LogP contribution in [0.2, 0.25) is 0 Å². The molecule has 2 aromatic rings. The van der Waals surface area contributed by atoms with Crippen LogP contribution in [-0.2, 0) is 10.0 Å². The van der Waals surface area contributed by atoms with Gasteiger partial charge >= 0.3 is 0 Å². The van der Waals surface area contributed by atoms with Gasteiger partial charge in [0.1, 0.15) is 22.1 Å². The molecular weight excluding hydrogens is 398 g/mol. The number of methoxy groups -OCH3 is 2. The summed E-state index contributed by atoms with van der Waals surface area (Å²) in [6.45, 7) is 2.15. The van der Waals surface area contributed by atoms with E-state index in [0.717, 1.165) is 0 Å². The maximum absolute atomic E-state index is 12.8. The Bertz CT molecular complexity index is 823. The fraction of sp³-hybridized carbons (Fsp3) is 0.250. The van der Waals surface area contributed by atoms with Crippen molar-refractivity contribution < 1.29 is 22.6 Å². The predicted molar refractivity (Wildman–Crippen MR) is 95.7 cm³/mol. The van der Waals surface area contributed by atoms with Gasteiger partial charge in [0, 0.05) is 10.5 Å². The fourth-order valence-electron chi connectivity index (χ4n) is 2.05. The third-order valence-electron chi connectivity index (χ3n) is 3.15. The summed E-state index contributed by atoms with van der Waals surface area (Å²) >= 11 is 3.28. The zero-order chi connectivity index (χ0) is 17.7. The van der Waals surface area contributed by atoms with Gasteiger partial charge in [0.15, 0.2) is 0 Å². The van der Waals surface area contributed by atoms with Crippen LogP contribution in [0.4, 0.5) is 5.69 Å². The lowest BCUT2D eigenvalue weighted by molar-refractivity contribution is 0.331. The molecule has 8 heteroatoms. The summed E-state index contributed by atoms with van der Waals surface area (Å²) in [4.78, 5) is 0.0385. The predicted octanol–water partition coefficient (Wildman–Crippen LogP) is 3.67. The van der Waals surface area contributed by atoms with Crippen LogP contribution in [-0.4, -0.2) is 29.2 Å². The third-order valence-corrected chi connectivity index (χ3v) is 5.03. The summed E-state index contributed by atoms with van der Waals surface area (Å²) < 4.78 is 44.5. The van der Waals surface area contributed by atoms with Crippen molar-refractivity contribution in [2.24, 2.45) is 0 Å². The first-order valence-electron chi connectivity index (χ1n) is 7.08. The Morgan fingerprint density at radius 3 is 2.42 bits per heavy atom. The molecule has 24 heavy (non-hydrogen) atoms. The van der Waals surface area contributed by atoms with E-state index in [-0.39, 0.29) is 10.6 Å². The van der Waals surface area contributed by atoms with Crippen molar-refractivity contribution in [1.82, 2.24) is 0 Å². The van der Waals surface area contributed by atoms with Gasteiger partial charge in [0.25, 0.3) is 10.0 Å². The zero-order valence-corrected chi connectivity index (χ0v) is 15.9. The lowest BCUT2D eigenvalue weighted by atomic mass is 10.3. The van der Waals surface area contributed by atoms with Crippen molar-refractivity contribution in [2.45, 2.75) is 11.8 Å². The molecule has 0 unspecified atom stereocenters. The van der Waals surface area contributed by atoms with Gasteiger partial charge in [-0.05, 0) is 37.3 Å². The number of nitrogens with one attached hydrogen (secondary N) is 1. The van der Waals surface area contributed by atoms with E-state index in [2.05, 4.69) is 20.7 Å². The van der Waals surface area contributed by atoms with Crippen molar-refractivity contribution in [3.8, 4) is 17.2 Å². The number of anilines is 1. The minimum atomic E-state index is -3.87. The van der Waals surface area contributed by atoms with Crippen LogP contribution in [0, 0.1) is 0 Å². The number of ether oxygens (including phenoxy) is 3. The second-order valence-corrected chi connectivity index (χ2v) is 7.26. The normalized spacial score (nSPS) is 11.0. The van der Waals surface area contributed by atoms with E-state index < -0.39 is 10.0 Å². The SMILES string of the molecule is CCOc1ccc(Br)cc1S(=O)(=O)Nc1ccc(OC)cc1OC. The van der Waals surface area contributed by atoms with E-state index in [9.17, 15) is 8.42 Å². The largest absolute Gasteiger partial charge is 0.497 e. The summed E-state index contributed by atoms with van der Waals surface area (Å²) in [5.74, 6) is 1.19. The second kappa shape index (κ2) is 7.76. The Hall–Kier alpha value is -1.93. The summed E-state index contributed by atoms with van der Waals surface area (Å²) in [5, 5.41) is 0. The molecule has 0 bridgehead atoms. The molecule has 2 rings (SSSR count). The first-order valence-corrected chi connectivity index (χ1v) is 9.36. The maximum Gasteiger partial charge on any atom is 0.265 e. The van der Waals surface area contributed by atoms with Crippen LogP contribution in [0.5, 0.6) is 17.2 Å². The van der Waals surface area contributed by atoms with E-state index in [0.29, 0.717) is 28.3 Å². The first kappa shape index (κ1) is 18.4. The zero-order valence-electron chi connectivity index (χ0n) is 13.5. The van der Waals surface area contributed by atoms with E-state index in [4.69, 9.17) is 14.2 Å². The van der Waals surface area contributed by atoms with Crippen LogP contribution in [0.3, 0.4) is 0 Å². The van der Waals surface area contributed by atoms with Crippen molar-refractivity contribution in [1.29, 1.82) is 0 Å². The lowest BCUT2D eigenvalue weighted by Crippen LogP contribution is -2.15. The molecule has 0 saturated carbocycles. The molecule has 0 atom stereocenters.